The van der Waals surface area contributed by atoms with E-state index in [0.29, 0.717) is 16.3 Å². The van der Waals surface area contributed by atoms with E-state index in [0.717, 1.165) is 5.56 Å². The Hall–Kier alpha value is -2.55. The van der Waals surface area contributed by atoms with Crippen molar-refractivity contribution in [2.75, 3.05) is 0 Å². The minimum Gasteiger partial charge on any atom is -0.288 e. The average molecular weight is 282 g/mol. The summed E-state index contributed by atoms with van der Waals surface area (Å²) in [6, 6.07) is 13.8. The molecule has 0 N–H and O–H groups in total. The first-order valence-corrected chi connectivity index (χ1v) is 6.56. The molecular formula is C18H12F2O. The molecule has 0 aliphatic heterocycles. The zero-order valence-electron chi connectivity index (χ0n) is 11.4. The molecule has 0 bridgehead atoms. The molecule has 104 valence electrons. The Balaban J connectivity index is 2.21. The van der Waals surface area contributed by atoms with Gasteiger partial charge >= 0.3 is 0 Å². The Labute approximate surface area is 120 Å². The van der Waals surface area contributed by atoms with Gasteiger partial charge in [0.1, 0.15) is 11.6 Å². The van der Waals surface area contributed by atoms with Crippen molar-refractivity contribution < 1.29 is 13.6 Å². The van der Waals surface area contributed by atoms with Crippen LogP contribution in [0.1, 0.15) is 21.5 Å². The first-order valence-electron chi connectivity index (χ1n) is 6.56. The molecule has 0 saturated carbocycles. The number of hydrogen-bond acceptors (Lipinski definition) is 1. The van der Waals surface area contributed by atoms with Gasteiger partial charge in [-0.1, -0.05) is 30.3 Å². The van der Waals surface area contributed by atoms with E-state index < -0.39 is 17.4 Å². The number of aryl methyl sites for hydroxylation is 1. The molecule has 0 fully saturated rings. The van der Waals surface area contributed by atoms with E-state index >= 15 is 0 Å². The normalized spacial score (nSPS) is 10.8. The summed E-state index contributed by atoms with van der Waals surface area (Å²) in [5, 5.41) is 0.846. The first kappa shape index (κ1) is 13.4. The highest BCUT2D eigenvalue weighted by Crippen LogP contribution is 2.25. The largest absolute Gasteiger partial charge is 0.288 e. The molecule has 0 radical (unpaired) electrons. The molecule has 0 atom stereocenters. The lowest BCUT2D eigenvalue weighted by Gasteiger charge is -2.08. The van der Waals surface area contributed by atoms with Gasteiger partial charge in [0.15, 0.2) is 5.78 Å². The van der Waals surface area contributed by atoms with Gasteiger partial charge in [-0.2, -0.15) is 0 Å². The van der Waals surface area contributed by atoms with Crippen LogP contribution in [0.2, 0.25) is 0 Å². The molecule has 0 unspecified atom stereocenters. The van der Waals surface area contributed by atoms with Crippen molar-refractivity contribution in [1.82, 2.24) is 0 Å². The van der Waals surface area contributed by atoms with Gasteiger partial charge in [-0.15, -0.1) is 0 Å². The van der Waals surface area contributed by atoms with Crippen molar-refractivity contribution >= 4 is 16.6 Å². The molecule has 0 aromatic heterocycles. The van der Waals surface area contributed by atoms with Crippen LogP contribution < -0.4 is 0 Å². The van der Waals surface area contributed by atoms with Gasteiger partial charge in [0.2, 0.25) is 0 Å². The molecule has 0 aliphatic rings. The van der Waals surface area contributed by atoms with Crippen molar-refractivity contribution in [2.24, 2.45) is 0 Å². The van der Waals surface area contributed by atoms with Crippen molar-refractivity contribution in [2.45, 2.75) is 6.92 Å². The second kappa shape index (κ2) is 5.09. The molecule has 0 aliphatic carbocycles. The van der Waals surface area contributed by atoms with E-state index in [4.69, 9.17) is 0 Å². The number of ketones is 1. The minimum atomic E-state index is -0.562. The van der Waals surface area contributed by atoms with Crippen LogP contribution in [-0.2, 0) is 0 Å². The van der Waals surface area contributed by atoms with Crippen molar-refractivity contribution in [1.29, 1.82) is 0 Å². The van der Waals surface area contributed by atoms with Gasteiger partial charge < -0.3 is 0 Å². The average Bonchev–Trinajstić information content (AvgIpc) is 2.47. The molecule has 3 aromatic carbocycles. The van der Waals surface area contributed by atoms with Crippen LogP contribution in [-0.4, -0.2) is 5.78 Å². The highest BCUT2D eigenvalue weighted by Gasteiger charge is 2.17. The van der Waals surface area contributed by atoms with Gasteiger partial charge in [0.25, 0.3) is 0 Å². The van der Waals surface area contributed by atoms with E-state index in [1.54, 1.807) is 37.3 Å². The minimum absolute atomic E-state index is 0.00244. The number of carbonyl (C=O) groups is 1. The molecule has 0 amide bonds. The van der Waals surface area contributed by atoms with Gasteiger partial charge in [-0.05, 0) is 42.1 Å². The number of carbonyl (C=O) groups excluding carboxylic acids is 1. The number of benzene rings is 3. The first-order chi connectivity index (χ1) is 10.1. The van der Waals surface area contributed by atoms with Crippen LogP contribution in [0.3, 0.4) is 0 Å². The predicted molar refractivity (Wildman–Crippen MR) is 78.5 cm³/mol. The Bertz CT molecular complexity index is 853. The van der Waals surface area contributed by atoms with Gasteiger partial charge in [-0.25, -0.2) is 8.78 Å². The van der Waals surface area contributed by atoms with E-state index in [1.165, 1.54) is 24.3 Å². The summed E-state index contributed by atoms with van der Waals surface area (Å²) < 4.78 is 27.7. The zero-order valence-corrected chi connectivity index (χ0v) is 11.4. The molecule has 3 rings (SSSR count). The van der Waals surface area contributed by atoms with Gasteiger partial charge in [-0.3, -0.25) is 4.79 Å². The summed E-state index contributed by atoms with van der Waals surface area (Å²) in [5.74, 6) is -1.40. The lowest BCUT2D eigenvalue weighted by atomic mass is 9.96. The number of halogens is 2. The Kier molecular flexibility index (Phi) is 3.26. The van der Waals surface area contributed by atoms with Crippen LogP contribution >= 0.6 is 0 Å². The van der Waals surface area contributed by atoms with E-state index in [-0.39, 0.29) is 5.56 Å². The number of hydrogen-bond donors (Lipinski definition) is 0. The molecule has 21 heavy (non-hydrogen) atoms. The van der Waals surface area contributed by atoms with Gasteiger partial charge in [0, 0.05) is 10.9 Å². The third-order valence-corrected chi connectivity index (χ3v) is 3.48. The standard InChI is InChI=1S/C18H12F2O/c1-11-6-7-15(17(20)10-11)18(21)14-8-9-16(19)13-5-3-2-4-12(13)14/h2-10H,1H3. The van der Waals surface area contributed by atoms with Crippen molar-refractivity contribution in [3.8, 4) is 0 Å². The fourth-order valence-electron chi connectivity index (χ4n) is 2.41. The fraction of sp³-hybridized carbons (Fsp3) is 0.0556. The third kappa shape index (κ3) is 2.31. The summed E-state index contributed by atoms with van der Waals surface area (Å²) in [4.78, 5) is 12.5. The monoisotopic (exact) mass is 282 g/mol. The van der Waals surface area contributed by atoms with Crippen LogP contribution in [0.4, 0.5) is 8.78 Å². The number of rotatable bonds is 2. The molecule has 0 saturated heterocycles. The topological polar surface area (TPSA) is 17.1 Å². The highest BCUT2D eigenvalue weighted by molar-refractivity contribution is 6.16. The summed E-state index contributed by atoms with van der Waals surface area (Å²) in [6.07, 6.45) is 0. The van der Waals surface area contributed by atoms with Crippen LogP contribution in [0.5, 0.6) is 0 Å². The lowest BCUT2D eigenvalue weighted by molar-refractivity contribution is 0.103. The maximum Gasteiger partial charge on any atom is 0.196 e. The summed E-state index contributed by atoms with van der Waals surface area (Å²) in [7, 11) is 0. The Morgan fingerprint density at radius 3 is 2.19 bits per heavy atom. The zero-order chi connectivity index (χ0) is 15.0. The summed E-state index contributed by atoms with van der Waals surface area (Å²) in [6.45, 7) is 1.75. The fourth-order valence-corrected chi connectivity index (χ4v) is 2.41. The van der Waals surface area contributed by atoms with E-state index in [2.05, 4.69) is 0 Å². The molecule has 0 heterocycles. The smallest absolute Gasteiger partial charge is 0.196 e. The quantitative estimate of drug-likeness (QED) is 0.625. The van der Waals surface area contributed by atoms with Crippen LogP contribution in [0, 0.1) is 18.6 Å². The summed E-state index contributed by atoms with van der Waals surface area (Å²) in [5.41, 5.74) is 1.04. The Morgan fingerprint density at radius 1 is 0.810 bits per heavy atom. The molecular weight excluding hydrogens is 270 g/mol. The molecule has 3 aromatic rings. The van der Waals surface area contributed by atoms with Crippen molar-refractivity contribution in [3.63, 3.8) is 0 Å². The van der Waals surface area contributed by atoms with Crippen LogP contribution in [0.15, 0.2) is 54.6 Å². The highest BCUT2D eigenvalue weighted by atomic mass is 19.1. The summed E-state index contributed by atoms with van der Waals surface area (Å²) >= 11 is 0. The van der Waals surface area contributed by atoms with Crippen LogP contribution in [0.25, 0.3) is 10.8 Å². The van der Waals surface area contributed by atoms with Gasteiger partial charge in [0.05, 0.1) is 5.56 Å². The lowest BCUT2D eigenvalue weighted by Crippen LogP contribution is -2.05. The SMILES string of the molecule is Cc1ccc(C(=O)c2ccc(F)c3ccccc23)c(F)c1. The number of fused-ring (bicyclic) bond motifs is 1. The molecule has 1 nitrogen and oxygen atoms in total. The second-order valence-corrected chi connectivity index (χ2v) is 4.95. The molecule has 0 spiro atoms. The van der Waals surface area contributed by atoms with E-state index in [9.17, 15) is 13.6 Å². The third-order valence-electron chi connectivity index (χ3n) is 3.48. The Morgan fingerprint density at radius 2 is 1.48 bits per heavy atom. The predicted octanol–water partition coefficient (Wildman–Crippen LogP) is 4.66. The van der Waals surface area contributed by atoms with Crippen molar-refractivity contribution in [3.05, 3.63) is 82.9 Å². The molecule has 3 heteroatoms. The second-order valence-electron chi connectivity index (χ2n) is 4.95. The maximum absolute atomic E-state index is 14.0. The maximum atomic E-state index is 14.0. The van der Waals surface area contributed by atoms with E-state index in [1.807, 2.05) is 0 Å².